The highest BCUT2D eigenvalue weighted by Crippen LogP contribution is 2.29. The summed E-state index contributed by atoms with van der Waals surface area (Å²) in [6, 6.07) is 0. The van der Waals surface area contributed by atoms with Crippen LogP contribution in [0, 0.1) is 5.92 Å². The zero-order valence-corrected chi connectivity index (χ0v) is 11.0. The number of hydrogen-bond acceptors (Lipinski definition) is 2. The van der Waals surface area contributed by atoms with Gasteiger partial charge < -0.3 is 0 Å². The van der Waals surface area contributed by atoms with E-state index in [4.69, 9.17) is 11.6 Å². The molecule has 2 rings (SSSR count). The molecule has 0 bridgehead atoms. The summed E-state index contributed by atoms with van der Waals surface area (Å²) < 4.78 is 1.75. The molecule has 1 fully saturated rings. The van der Waals surface area contributed by atoms with Crippen LogP contribution in [0.25, 0.3) is 0 Å². The molecule has 1 aromatic rings. The quantitative estimate of drug-likeness (QED) is 0.751. The summed E-state index contributed by atoms with van der Waals surface area (Å²) in [4.78, 5) is 12.2. The molecule has 0 aliphatic heterocycles. The average molecular weight is 255 g/mol. The highest BCUT2D eigenvalue weighted by atomic mass is 35.5. The van der Waals surface area contributed by atoms with Crippen LogP contribution in [0.2, 0.25) is 5.02 Å². The Morgan fingerprint density at radius 1 is 1.53 bits per heavy atom. The molecule has 0 spiro atoms. The molecule has 1 heterocycles. The van der Waals surface area contributed by atoms with Crippen LogP contribution in [0.15, 0.2) is 6.20 Å². The molecule has 94 valence electrons. The third-order valence-corrected chi connectivity index (χ3v) is 3.72. The number of nitrogens with zero attached hydrogens (tertiary/aromatic N) is 2. The van der Waals surface area contributed by atoms with Crippen molar-refractivity contribution in [2.24, 2.45) is 5.92 Å². The normalized spacial score (nSPS) is 16.6. The van der Waals surface area contributed by atoms with Crippen molar-refractivity contribution in [3.8, 4) is 0 Å². The first kappa shape index (κ1) is 12.6. The Labute approximate surface area is 107 Å². The zero-order valence-electron chi connectivity index (χ0n) is 10.3. The van der Waals surface area contributed by atoms with Crippen LogP contribution >= 0.6 is 11.6 Å². The molecule has 1 aliphatic rings. The second-order valence-corrected chi connectivity index (χ2v) is 5.25. The molecule has 0 radical (unpaired) electrons. The molecule has 0 unspecified atom stereocenters. The van der Waals surface area contributed by atoms with E-state index in [0.717, 1.165) is 13.0 Å². The van der Waals surface area contributed by atoms with Crippen molar-refractivity contribution in [3.63, 3.8) is 0 Å². The predicted molar refractivity (Wildman–Crippen MR) is 68.4 cm³/mol. The van der Waals surface area contributed by atoms with Crippen molar-refractivity contribution in [1.82, 2.24) is 9.78 Å². The summed E-state index contributed by atoms with van der Waals surface area (Å²) in [5, 5.41) is 4.67. The van der Waals surface area contributed by atoms with Gasteiger partial charge >= 0.3 is 0 Å². The summed E-state index contributed by atoms with van der Waals surface area (Å²) in [6.45, 7) is 2.83. The minimum absolute atomic E-state index is 0.160. The van der Waals surface area contributed by atoms with E-state index >= 15 is 0 Å². The summed E-state index contributed by atoms with van der Waals surface area (Å²) in [7, 11) is 0. The Kier molecular flexibility index (Phi) is 4.21. The number of carbonyl (C=O) groups excluding carboxylic acids is 1. The van der Waals surface area contributed by atoms with Crippen LogP contribution < -0.4 is 0 Å². The number of Topliss-reactive ketones (excluding diaryl/α,β-unsaturated/α-hetero) is 1. The van der Waals surface area contributed by atoms with Gasteiger partial charge in [-0.2, -0.15) is 5.10 Å². The van der Waals surface area contributed by atoms with Crippen molar-refractivity contribution in [2.75, 3.05) is 0 Å². The van der Waals surface area contributed by atoms with Crippen LogP contribution in [0.3, 0.4) is 0 Å². The van der Waals surface area contributed by atoms with Crippen molar-refractivity contribution in [3.05, 3.63) is 16.9 Å². The molecule has 1 aliphatic carbocycles. The zero-order chi connectivity index (χ0) is 12.3. The van der Waals surface area contributed by atoms with Crippen LogP contribution in [-0.4, -0.2) is 15.6 Å². The molecule has 0 N–H and O–H groups in total. The fourth-order valence-electron chi connectivity index (χ4n) is 2.59. The van der Waals surface area contributed by atoms with E-state index in [2.05, 4.69) is 12.0 Å². The lowest BCUT2D eigenvalue weighted by Crippen LogP contribution is -2.13. The number of aromatic nitrogens is 2. The first-order chi connectivity index (χ1) is 8.22. The Bertz CT molecular complexity index is 394. The fourth-order valence-corrected chi connectivity index (χ4v) is 2.84. The van der Waals surface area contributed by atoms with Crippen LogP contribution in [0.5, 0.6) is 0 Å². The van der Waals surface area contributed by atoms with Gasteiger partial charge in [-0.25, -0.2) is 0 Å². The molecule has 1 saturated carbocycles. The van der Waals surface area contributed by atoms with Gasteiger partial charge in [0, 0.05) is 13.0 Å². The van der Waals surface area contributed by atoms with Gasteiger partial charge in [-0.15, -0.1) is 0 Å². The Balaban J connectivity index is 2.09. The molecular formula is C13H19ClN2O. The van der Waals surface area contributed by atoms with Gasteiger partial charge in [-0.05, 0) is 12.3 Å². The molecule has 0 atom stereocenters. The maximum atomic E-state index is 12.2. The van der Waals surface area contributed by atoms with Gasteiger partial charge in [-0.3, -0.25) is 9.48 Å². The molecule has 0 saturated heterocycles. The molecular weight excluding hydrogens is 236 g/mol. The number of halogens is 1. The minimum Gasteiger partial charge on any atom is -0.292 e. The van der Waals surface area contributed by atoms with E-state index in [1.165, 1.54) is 25.7 Å². The molecule has 3 nitrogen and oxygen atoms in total. The maximum Gasteiger partial charge on any atom is 0.182 e. The minimum atomic E-state index is 0.160. The third kappa shape index (κ3) is 2.89. The lowest BCUT2D eigenvalue weighted by atomic mass is 9.99. The van der Waals surface area contributed by atoms with Crippen LogP contribution in [-0.2, 0) is 6.54 Å². The maximum absolute atomic E-state index is 12.2. The highest BCUT2D eigenvalue weighted by molar-refractivity contribution is 6.33. The van der Waals surface area contributed by atoms with Gasteiger partial charge in [0.1, 0.15) is 5.69 Å². The summed E-state index contributed by atoms with van der Waals surface area (Å²) in [5.41, 5.74) is 0.611. The molecule has 17 heavy (non-hydrogen) atoms. The largest absolute Gasteiger partial charge is 0.292 e. The van der Waals surface area contributed by atoms with E-state index in [9.17, 15) is 4.79 Å². The van der Waals surface area contributed by atoms with Crippen molar-refractivity contribution >= 4 is 17.4 Å². The number of aryl methyl sites for hydroxylation is 1. The molecule has 4 heteroatoms. The van der Waals surface area contributed by atoms with E-state index in [1.54, 1.807) is 10.9 Å². The first-order valence-electron chi connectivity index (χ1n) is 6.47. The topological polar surface area (TPSA) is 34.9 Å². The monoisotopic (exact) mass is 254 g/mol. The SMILES string of the molecule is CCCn1ncc(Cl)c1C(=O)CC1CCCC1. The lowest BCUT2D eigenvalue weighted by Gasteiger charge is -2.09. The van der Waals surface area contributed by atoms with Crippen molar-refractivity contribution in [2.45, 2.75) is 52.0 Å². The Morgan fingerprint density at radius 2 is 2.24 bits per heavy atom. The molecule has 0 aromatic carbocycles. The van der Waals surface area contributed by atoms with Gasteiger partial charge in [-0.1, -0.05) is 44.2 Å². The Hall–Kier alpha value is -0.830. The van der Waals surface area contributed by atoms with E-state index < -0.39 is 0 Å². The third-order valence-electron chi connectivity index (χ3n) is 3.44. The van der Waals surface area contributed by atoms with Gasteiger partial charge in [0.15, 0.2) is 5.78 Å². The van der Waals surface area contributed by atoms with Crippen molar-refractivity contribution < 1.29 is 4.79 Å². The molecule has 1 aromatic heterocycles. The van der Waals surface area contributed by atoms with Crippen LogP contribution in [0.4, 0.5) is 0 Å². The predicted octanol–water partition coefficient (Wildman–Crippen LogP) is 3.71. The van der Waals surface area contributed by atoms with E-state index in [0.29, 0.717) is 23.1 Å². The fraction of sp³-hybridized carbons (Fsp3) is 0.692. The first-order valence-corrected chi connectivity index (χ1v) is 6.84. The second-order valence-electron chi connectivity index (χ2n) is 4.84. The van der Waals surface area contributed by atoms with E-state index in [-0.39, 0.29) is 5.78 Å². The summed E-state index contributed by atoms with van der Waals surface area (Å²) >= 11 is 6.06. The summed E-state index contributed by atoms with van der Waals surface area (Å²) in [6.07, 6.45) is 8.08. The van der Waals surface area contributed by atoms with Crippen LogP contribution in [0.1, 0.15) is 55.9 Å². The second kappa shape index (κ2) is 5.67. The summed E-state index contributed by atoms with van der Waals surface area (Å²) in [5.74, 6) is 0.719. The average Bonchev–Trinajstić information content (AvgIpc) is 2.89. The van der Waals surface area contributed by atoms with Gasteiger partial charge in [0.25, 0.3) is 0 Å². The number of ketones is 1. The molecule has 0 amide bonds. The smallest absolute Gasteiger partial charge is 0.182 e. The number of carbonyl (C=O) groups is 1. The standard InChI is InChI=1S/C13H19ClN2O/c1-2-7-16-13(11(14)9-15-16)12(17)8-10-5-3-4-6-10/h9-10H,2-8H2,1H3. The Morgan fingerprint density at radius 3 is 2.88 bits per heavy atom. The van der Waals surface area contributed by atoms with E-state index in [1.807, 2.05) is 0 Å². The van der Waals surface area contributed by atoms with Crippen molar-refractivity contribution in [1.29, 1.82) is 0 Å². The van der Waals surface area contributed by atoms with Gasteiger partial charge in [0.05, 0.1) is 11.2 Å². The number of rotatable bonds is 5. The number of hydrogen-bond donors (Lipinski definition) is 0. The van der Waals surface area contributed by atoms with Gasteiger partial charge in [0.2, 0.25) is 0 Å². The highest BCUT2D eigenvalue weighted by Gasteiger charge is 2.23. The lowest BCUT2D eigenvalue weighted by molar-refractivity contribution is 0.0951.